The second-order valence-corrected chi connectivity index (χ2v) is 9.17. The fraction of sp³-hybridized carbons (Fsp3) is 0.905. The fourth-order valence-electron chi connectivity index (χ4n) is 4.24. The minimum atomic E-state index is -0.689. The second-order valence-electron chi connectivity index (χ2n) is 9.17. The third kappa shape index (κ3) is 6.26. The number of piperidine rings is 1. The van der Waals surface area contributed by atoms with E-state index in [0.29, 0.717) is 12.3 Å². The first-order chi connectivity index (χ1) is 12.0. The maximum Gasteiger partial charge on any atom is 0.305 e. The number of methoxy groups -OCH3 is 1. The van der Waals surface area contributed by atoms with Gasteiger partial charge in [-0.2, -0.15) is 0 Å². The standard InChI is InChI=1S/C21H39NO4/c1-20(2)14-17(15-22(5)21(20,3)4)16(13-18(23)24)11-9-7-8-10-12-19(25)26-6/h16-17H,7-15H2,1-6H3,(H,23,24). The summed E-state index contributed by atoms with van der Waals surface area (Å²) < 4.78 is 4.66. The van der Waals surface area contributed by atoms with Gasteiger partial charge in [0.1, 0.15) is 0 Å². The van der Waals surface area contributed by atoms with Crippen molar-refractivity contribution in [2.24, 2.45) is 17.3 Å². The highest BCUT2D eigenvalue weighted by Crippen LogP contribution is 2.47. The van der Waals surface area contributed by atoms with Gasteiger partial charge < -0.3 is 14.7 Å². The van der Waals surface area contributed by atoms with Gasteiger partial charge in [0.2, 0.25) is 0 Å². The lowest BCUT2D eigenvalue weighted by atomic mass is 9.62. The number of unbranched alkanes of at least 4 members (excludes halogenated alkanes) is 3. The molecule has 1 heterocycles. The molecule has 1 rings (SSSR count). The largest absolute Gasteiger partial charge is 0.481 e. The van der Waals surface area contributed by atoms with E-state index in [2.05, 4.69) is 44.4 Å². The van der Waals surface area contributed by atoms with Gasteiger partial charge in [-0.25, -0.2) is 0 Å². The maximum atomic E-state index is 11.4. The van der Waals surface area contributed by atoms with Crippen molar-refractivity contribution in [3.8, 4) is 0 Å². The average molecular weight is 370 g/mol. The van der Waals surface area contributed by atoms with E-state index in [0.717, 1.165) is 45.1 Å². The van der Waals surface area contributed by atoms with Crippen molar-refractivity contribution < 1.29 is 19.4 Å². The van der Waals surface area contributed by atoms with E-state index in [4.69, 9.17) is 0 Å². The Kier molecular flexibility index (Phi) is 8.58. The van der Waals surface area contributed by atoms with Crippen molar-refractivity contribution in [2.45, 2.75) is 84.6 Å². The number of carbonyl (C=O) groups excluding carboxylic acids is 1. The molecule has 1 fully saturated rings. The van der Waals surface area contributed by atoms with E-state index < -0.39 is 5.97 Å². The zero-order chi connectivity index (χ0) is 20.0. The third-order valence-corrected chi connectivity index (χ3v) is 6.93. The van der Waals surface area contributed by atoms with Crippen LogP contribution in [0.25, 0.3) is 0 Å². The van der Waals surface area contributed by atoms with Gasteiger partial charge in [0.05, 0.1) is 7.11 Å². The summed E-state index contributed by atoms with van der Waals surface area (Å²) in [6.45, 7) is 10.2. The summed E-state index contributed by atoms with van der Waals surface area (Å²) >= 11 is 0. The van der Waals surface area contributed by atoms with Crippen LogP contribution >= 0.6 is 0 Å². The molecule has 0 aliphatic carbocycles. The number of esters is 1. The molecule has 1 saturated heterocycles. The Bertz CT molecular complexity index is 473. The van der Waals surface area contributed by atoms with Crippen molar-refractivity contribution >= 4 is 11.9 Å². The van der Waals surface area contributed by atoms with Gasteiger partial charge in [0.15, 0.2) is 0 Å². The van der Waals surface area contributed by atoms with Crippen LogP contribution in [0.15, 0.2) is 0 Å². The van der Waals surface area contributed by atoms with E-state index in [1.807, 2.05) is 0 Å². The molecule has 0 aromatic carbocycles. The number of carboxylic acids is 1. The first kappa shape index (κ1) is 22.9. The smallest absolute Gasteiger partial charge is 0.305 e. The quantitative estimate of drug-likeness (QED) is 0.458. The highest BCUT2D eigenvalue weighted by molar-refractivity contribution is 5.69. The molecule has 1 N–H and O–H groups in total. The molecule has 0 aromatic heterocycles. The molecule has 0 bridgehead atoms. The lowest BCUT2D eigenvalue weighted by Gasteiger charge is -2.56. The molecule has 152 valence electrons. The molecule has 0 aromatic rings. The average Bonchev–Trinajstić information content (AvgIpc) is 2.53. The van der Waals surface area contributed by atoms with E-state index >= 15 is 0 Å². The first-order valence-electron chi connectivity index (χ1n) is 10.0. The van der Waals surface area contributed by atoms with Crippen molar-refractivity contribution in [2.75, 3.05) is 20.7 Å². The Morgan fingerprint density at radius 1 is 1.15 bits per heavy atom. The number of hydrogen-bond donors (Lipinski definition) is 1. The molecule has 0 saturated carbocycles. The molecule has 5 heteroatoms. The number of ether oxygens (including phenoxy) is 1. The van der Waals surface area contributed by atoms with Gasteiger partial charge in [-0.3, -0.25) is 9.59 Å². The Morgan fingerprint density at radius 3 is 2.31 bits per heavy atom. The predicted octanol–water partition coefficient (Wildman–Crippen LogP) is 4.35. The molecule has 2 unspecified atom stereocenters. The van der Waals surface area contributed by atoms with Gasteiger partial charge in [-0.1, -0.05) is 33.1 Å². The van der Waals surface area contributed by atoms with Crippen LogP contribution in [-0.4, -0.2) is 48.2 Å². The number of carbonyl (C=O) groups is 2. The molecule has 1 aliphatic heterocycles. The summed E-state index contributed by atoms with van der Waals surface area (Å²) in [7, 11) is 3.58. The van der Waals surface area contributed by atoms with Crippen molar-refractivity contribution in [1.82, 2.24) is 4.90 Å². The van der Waals surface area contributed by atoms with Crippen LogP contribution in [0.2, 0.25) is 0 Å². The maximum absolute atomic E-state index is 11.4. The number of nitrogens with zero attached hydrogens (tertiary/aromatic N) is 1. The molecule has 0 amide bonds. The molecule has 0 radical (unpaired) electrons. The Labute approximate surface area is 159 Å². The van der Waals surface area contributed by atoms with Crippen molar-refractivity contribution in [3.05, 3.63) is 0 Å². The predicted molar refractivity (Wildman–Crippen MR) is 104 cm³/mol. The number of hydrogen-bond acceptors (Lipinski definition) is 4. The minimum absolute atomic E-state index is 0.116. The van der Waals surface area contributed by atoms with Crippen LogP contribution in [0.4, 0.5) is 0 Å². The van der Waals surface area contributed by atoms with Gasteiger partial charge in [-0.15, -0.1) is 0 Å². The van der Waals surface area contributed by atoms with E-state index in [-0.39, 0.29) is 29.3 Å². The monoisotopic (exact) mass is 369 g/mol. The summed E-state index contributed by atoms with van der Waals surface area (Å²) in [5, 5.41) is 9.38. The van der Waals surface area contributed by atoms with Crippen LogP contribution in [0, 0.1) is 17.3 Å². The van der Waals surface area contributed by atoms with E-state index in [9.17, 15) is 14.7 Å². The Morgan fingerprint density at radius 2 is 1.77 bits per heavy atom. The SMILES string of the molecule is COC(=O)CCCCCCC(CC(=O)O)C1CN(C)C(C)(C)C(C)(C)C1. The molecule has 5 nitrogen and oxygen atoms in total. The zero-order valence-electron chi connectivity index (χ0n) is 17.6. The van der Waals surface area contributed by atoms with Gasteiger partial charge >= 0.3 is 11.9 Å². The molecule has 26 heavy (non-hydrogen) atoms. The molecular weight excluding hydrogens is 330 g/mol. The summed E-state index contributed by atoms with van der Waals surface area (Å²) in [4.78, 5) is 24.9. The van der Waals surface area contributed by atoms with Crippen LogP contribution in [0.5, 0.6) is 0 Å². The van der Waals surface area contributed by atoms with Crippen LogP contribution in [-0.2, 0) is 14.3 Å². The summed E-state index contributed by atoms with van der Waals surface area (Å²) in [6.07, 6.45) is 6.70. The van der Waals surface area contributed by atoms with Crippen LogP contribution in [0.1, 0.15) is 79.1 Å². The summed E-state index contributed by atoms with van der Waals surface area (Å²) in [6, 6.07) is 0. The normalized spacial score (nSPS) is 23.4. The van der Waals surface area contributed by atoms with E-state index in [1.54, 1.807) is 0 Å². The Hall–Kier alpha value is -1.10. The lowest BCUT2D eigenvalue weighted by molar-refractivity contribution is -0.141. The topological polar surface area (TPSA) is 66.8 Å². The minimum Gasteiger partial charge on any atom is -0.481 e. The van der Waals surface area contributed by atoms with E-state index in [1.165, 1.54) is 7.11 Å². The summed E-state index contributed by atoms with van der Waals surface area (Å²) in [5.41, 5.74) is 0.271. The highest BCUT2D eigenvalue weighted by atomic mass is 16.5. The number of likely N-dealkylation sites (tertiary alicyclic amines) is 1. The zero-order valence-corrected chi connectivity index (χ0v) is 17.6. The van der Waals surface area contributed by atoms with Gasteiger partial charge in [0, 0.05) is 24.9 Å². The fourth-order valence-corrected chi connectivity index (χ4v) is 4.24. The highest BCUT2D eigenvalue weighted by Gasteiger charge is 2.47. The van der Waals surface area contributed by atoms with Crippen LogP contribution in [0.3, 0.4) is 0 Å². The molecule has 1 aliphatic rings. The number of aliphatic carboxylic acids is 1. The Balaban J connectivity index is 2.56. The molecular formula is C21H39NO4. The summed E-state index contributed by atoms with van der Waals surface area (Å²) in [5.74, 6) is -0.185. The van der Waals surface area contributed by atoms with Gasteiger partial charge in [0.25, 0.3) is 0 Å². The first-order valence-corrected chi connectivity index (χ1v) is 10.0. The van der Waals surface area contributed by atoms with Crippen molar-refractivity contribution in [1.29, 1.82) is 0 Å². The number of rotatable bonds is 10. The second kappa shape index (κ2) is 9.72. The number of carboxylic acid groups (broad SMARTS) is 1. The third-order valence-electron chi connectivity index (χ3n) is 6.93. The van der Waals surface area contributed by atoms with Crippen LogP contribution < -0.4 is 0 Å². The van der Waals surface area contributed by atoms with Crippen molar-refractivity contribution in [3.63, 3.8) is 0 Å². The molecule has 2 atom stereocenters. The molecule has 0 spiro atoms. The van der Waals surface area contributed by atoms with Gasteiger partial charge in [-0.05, 0) is 57.4 Å². The lowest BCUT2D eigenvalue weighted by Crippen LogP contribution is -2.59.